The van der Waals surface area contributed by atoms with Gasteiger partial charge in [-0.3, -0.25) is 14.9 Å². The van der Waals surface area contributed by atoms with E-state index >= 15 is 0 Å². The van der Waals surface area contributed by atoms with Gasteiger partial charge >= 0.3 is 0 Å². The van der Waals surface area contributed by atoms with E-state index in [-0.39, 0.29) is 12.2 Å². The largest absolute Gasteiger partial charge is 0.457 e. The van der Waals surface area contributed by atoms with E-state index in [0.29, 0.717) is 27.4 Å². The van der Waals surface area contributed by atoms with Crippen molar-refractivity contribution in [2.24, 2.45) is 4.99 Å². The van der Waals surface area contributed by atoms with Crippen LogP contribution in [0.2, 0.25) is 0 Å². The van der Waals surface area contributed by atoms with Gasteiger partial charge in [-0.1, -0.05) is 35.5 Å². The first-order valence-electron chi connectivity index (χ1n) is 9.18. The zero-order valence-electron chi connectivity index (χ0n) is 16.1. The number of rotatable bonds is 5. The standard InChI is InChI=1S/C23H15N3O4S/c1-2-14-25-20-15-17(26(28)29)10-13-21(20)31-23(25)24-22(27)16-8-11-19(12-9-16)30-18-6-4-3-5-7-18/h1,3-13,15H,14H2. The molecule has 152 valence electrons. The normalized spacial score (nSPS) is 11.3. The molecular weight excluding hydrogens is 414 g/mol. The summed E-state index contributed by atoms with van der Waals surface area (Å²) in [5, 5.41) is 11.1. The van der Waals surface area contributed by atoms with Crippen LogP contribution in [0.25, 0.3) is 10.2 Å². The van der Waals surface area contributed by atoms with Gasteiger partial charge in [-0.15, -0.1) is 6.42 Å². The molecule has 0 atom stereocenters. The van der Waals surface area contributed by atoms with Crippen molar-refractivity contribution in [3.05, 3.63) is 93.3 Å². The Hall–Kier alpha value is -4.22. The average Bonchev–Trinajstić information content (AvgIpc) is 3.11. The zero-order valence-corrected chi connectivity index (χ0v) is 16.9. The first kappa shape index (κ1) is 20.1. The number of nitro benzene ring substituents is 1. The number of benzene rings is 3. The minimum atomic E-state index is -0.474. The number of aromatic nitrogens is 1. The summed E-state index contributed by atoms with van der Waals surface area (Å²) in [7, 11) is 0. The molecule has 0 spiro atoms. The zero-order chi connectivity index (χ0) is 21.8. The van der Waals surface area contributed by atoms with Crippen molar-refractivity contribution in [2.75, 3.05) is 0 Å². The van der Waals surface area contributed by atoms with Gasteiger partial charge in [-0.2, -0.15) is 4.99 Å². The Balaban J connectivity index is 1.66. The second kappa shape index (κ2) is 8.65. The fourth-order valence-electron chi connectivity index (χ4n) is 2.94. The van der Waals surface area contributed by atoms with Crippen LogP contribution in [-0.2, 0) is 6.54 Å². The van der Waals surface area contributed by atoms with Crippen LogP contribution in [0.3, 0.4) is 0 Å². The van der Waals surface area contributed by atoms with Crippen molar-refractivity contribution in [1.82, 2.24) is 4.57 Å². The van der Waals surface area contributed by atoms with Gasteiger partial charge < -0.3 is 9.30 Å². The van der Waals surface area contributed by atoms with E-state index in [1.807, 2.05) is 30.3 Å². The number of carbonyl (C=O) groups is 1. The van der Waals surface area contributed by atoms with E-state index in [4.69, 9.17) is 11.2 Å². The summed E-state index contributed by atoms with van der Waals surface area (Å²) in [5.41, 5.74) is 0.898. The van der Waals surface area contributed by atoms with Gasteiger partial charge in [-0.05, 0) is 42.5 Å². The number of fused-ring (bicyclic) bond motifs is 1. The van der Waals surface area contributed by atoms with Crippen LogP contribution >= 0.6 is 11.3 Å². The second-order valence-corrected chi connectivity index (χ2v) is 7.45. The highest BCUT2D eigenvalue weighted by Gasteiger charge is 2.13. The lowest BCUT2D eigenvalue weighted by molar-refractivity contribution is -0.384. The molecule has 0 N–H and O–H groups in total. The van der Waals surface area contributed by atoms with Gasteiger partial charge in [0, 0.05) is 17.7 Å². The highest BCUT2D eigenvalue weighted by Crippen LogP contribution is 2.24. The molecule has 0 aliphatic rings. The first-order chi connectivity index (χ1) is 15.0. The van der Waals surface area contributed by atoms with E-state index in [0.717, 1.165) is 4.70 Å². The number of terminal acetylenes is 1. The monoisotopic (exact) mass is 429 g/mol. The third kappa shape index (κ3) is 4.37. The Bertz CT molecular complexity index is 1380. The maximum Gasteiger partial charge on any atom is 0.279 e. The average molecular weight is 429 g/mol. The smallest absolute Gasteiger partial charge is 0.279 e. The number of nitro groups is 1. The number of non-ortho nitro benzene ring substituents is 1. The molecule has 0 bridgehead atoms. The molecule has 1 aromatic heterocycles. The van der Waals surface area contributed by atoms with E-state index in [1.165, 1.54) is 23.5 Å². The molecule has 4 rings (SSSR count). The molecule has 8 heteroatoms. The Morgan fingerprint density at radius 3 is 2.48 bits per heavy atom. The minimum absolute atomic E-state index is 0.0528. The van der Waals surface area contributed by atoms with Crippen molar-refractivity contribution >= 4 is 33.1 Å². The first-order valence-corrected chi connectivity index (χ1v) is 10.00. The lowest BCUT2D eigenvalue weighted by Crippen LogP contribution is -2.16. The van der Waals surface area contributed by atoms with Crippen molar-refractivity contribution in [2.45, 2.75) is 6.54 Å². The summed E-state index contributed by atoms with van der Waals surface area (Å²) in [5.74, 6) is 3.35. The van der Waals surface area contributed by atoms with Crippen LogP contribution in [0, 0.1) is 22.5 Å². The number of para-hydroxylation sites is 1. The quantitative estimate of drug-likeness (QED) is 0.260. The van der Waals surface area contributed by atoms with Crippen LogP contribution in [0.15, 0.2) is 77.8 Å². The molecule has 0 saturated heterocycles. The van der Waals surface area contributed by atoms with Crippen LogP contribution in [0.1, 0.15) is 10.4 Å². The van der Waals surface area contributed by atoms with Gasteiger partial charge in [0.15, 0.2) is 4.80 Å². The molecule has 0 aliphatic carbocycles. The van der Waals surface area contributed by atoms with Gasteiger partial charge in [0.25, 0.3) is 11.6 Å². The molecule has 0 unspecified atom stereocenters. The predicted octanol–water partition coefficient (Wildman–Crippen LogP) is 4.78. The van der Waals surface area contributed by atoms with Gasteiger partial charge in [0.1, 0.15) is 11.5 Å². The molecule has 1 amide bonds. The fourth-order valence-corrected chi connectivity index (χ4v) is 3.95. The molecule has 3 aromatic carbocycles. The number of carbonyl (C=O) groups excluding carboxylic acids is 1. The summed E-state index contributed by atoms with van der Waals surface area (Å²) in [6.45, 7) is 0.136. The SMILES string of the molecule is C#CCn1c(=NC(=O)c2ccc(Oc3ccccc3)cc2)sc2ccc([N+](=O)[O-])cc21. The van der Waals surface area contributed by atoms with Crippen molar-refractivity contribution in [3.63, 3.8) is 0 Å². The summed E-state index contributed by atoms with van der Waals surface area (Å²) < 4.78 is 8.10. The number of thiazole rings is 1. The molecule has 7 nitrogen and oxygen atoms in total. The molecule has 0 radical (unpaired) electrons. The summed E-state index contributed by atoms with van der Waals surface area (Å²) in [6, 6.07) is 20.4. The number of amides is 1. The minimum Gasteiger partial charge on any atom is -0.457 e. The number of hydrogen-bond donors (Lipinski definition) is 0. The topological polar surface area (TPSA) is 86.7 Å². The molecular formula is C23H15N3O4S. The third-order valence-corrected chi connectivity index (χ3v) is 5.46. The van der Waals surface area contributed by atoms with Crippen molar-refractivity contribution in [1.29, 1.82) is 0 Å². The summed E-state index contributed by atoms with van der Waals surface area (Å²) >= 11 is 1.24. The van der Waals surface area contributed by atoms with Gasteiger partial charge in [0.05, 0.1) is 21.7 Å². The van der Waals surface area contributed by atoms with Gasteiger partial charge in [0.2, 0.25) is 0 Å². The van der Waals surface area contributed by atoms with E-state index in [9.17, 15) is 14.9 Å². The molecule has 31 heavy (non-hydrogen) atoms. The second-order valence-electron chi connectivity index (χ2n) is 6.44. The Morgan fingerprint density at radius 2 is 1.81 bits per heavy atom. The van der Waals surface area contributed by atoms with Crippen LogP contribution < -0.4 is 9.54 Å². The van der Waals surface area contributed by atoms with Crippen LogP contribution in [0.5, 0.6) is 11.5 Å². The van der Waals surface area contributed by atoms with Crippen LogP contribution in [-0.4, -0.2) is 15.4 Å². The number of hydrogen-bond acceptors (Lipinski definition) is 5. The maximum absolute atomic E-state index is 12.7. The Kier molecular flexibility index (Phi) is 5.60. The summed E-state index contributed by atoms with van der Waals surface area (Å²) in [6.07, 6.45) is 5.46. The highest BCUT2D eigenvalue weighted by atomic mass is 32.1. The number of nitrogens with zero attached hydrogens (tertiary/aromatic N) is 3. The molecule has 1 heterocycles. The number of ether oxygens (including phenoxy) is 1. The van der Waals surface area contributed by atoms with Crippen LogP contribution in [0.4, 0.5) is 5.69 Å². The molecule has 0 fully saturated rings. The van der Waals surface area contributed by atoms with Crippen molar-refractivity contribution < 1.29 is 14.5 Å². The highest BCUT2D eigenvalue weighted by molar-refractivity contribution is 7.16. The fraction of sp³-hybridized carbons (Fsp3) is 0.0435. The lowest BCUT2D eigenvalue weighted by Gasteiger charge is -2.05. The molecule has 4 aromatic rings. The lowest BCUT2D eigenvalue weighted by atomic mass is 10.2. The van der Waals surface area contributed by atoms with Gasteiger partial charge in [-0.25, -0.2) is 0 Å². The van der Waals surface area contributed by atoms with E-state index in [1.54, 1.807) is 34.9 Å². The van der Waals surface area contributed by atoms with E-state index in [2.05, 4.69) is 10.9 Å². The Morgan fingerprint density at radius 1 is 1.10 bits per heavy atom. The summed E-state index contributed by atoms with van der Waals surface area (Å²) in [4.78, 5) is 27.9. The maximum atomic E-state index is 12.7. The molecule has 0 aliphatic heterocycles. The van der Waals surface area contributed by atoms with Crippen molar-refractivity contribution in [3.8, 4) is 23.8 Å². The third-order valence-electron chi connectivity index (χ3n) is 4.40. The van der Waals surface area contributed by atoms with E-state index < -0.39 is 10.8 Å². The predicted molar refractivity (Wildman–Crippen MR) is 118 cm³/mol. The molecule has 0 saturated carbocycles. The Labute approximate surface area is 181 Å².